The van der Waals surface area contributed by atoms with Crippen LogP contribution in [0, 0.1) is 6.92 Å². The maximum atomic E-state index is 8.52. The van der Waals surface area contributed by atoms with E-state index in [1.807, 2.05) is 18.2 Å². The molecule has 0 unspecified atom stereocenters. The monoisotopic (exact) mass is 188 g/mol. The summed E-state index contributed by atoms with van der Waals surface area (Å²) in [6.07, 6.45) is 0. The third-order valence-corrected chi connectivity index (χ3v) is 0.940. The van der Waals surface area contributed by atoms with Crippen molar-refractivity contribution in [2.75, 3.05) is 0 Å². The number of rotatable bonds is 0. The SMILES string of the molecule is Cc1ccccc1.O=S(=O)([O-])[O-]. The van der Waals surface area contributed by atoms with E-state index in [0.29, 0.717) is 0 Å². The molecule has 1 aromatic carbocycles. The van der Waals surface area contributed by atoms with E-state index in [2.05, 4.69) is 19.1 Å². The summed E-state index contributed by atoms with van der Waals surface area (Å²) in [6.45, 7) is 2.08. The van der Waals surface area contributed by atoms with Crippen LogP contribution in [0.2, 0.25) is 0 Å². The molecule has 5 heteroatoms. The molecule has 68 valence electrons. The molecule has 0 atom stereocenters. The van der Waals surface area contributed by atoms with Gasteiger partial charge in [0.1, 0.15) is 0 Å². The van der Waals surface area contributed by atoms with Crippen molar-refractivity contribution in [3.8, 4) is 0 Å². The van der Waals surface area contributed by atoms with Crippen molar-refractivity contribution in [2.45, 2.75) is 6.92 Å². The van der Waals surface area contributed by atoms with Crippen molar-refractivity contribution in [2.24, 2.45) is 0 Å². The van der Waals surface area contributed by atoms with E-state index >= 15 is 0 Å². The van der Waals surface area contributed by atoms with Gasteiger partial charge in [0.25, 0.3) is 0 Å². The van der Waals surface area contributed by atoms with E-state index in [-0.39, 0.29) is 0 Å². The summed E-state index contributed by atoms with van der Waals surface area (Å²) in [4.78, 5) is 0. The number of aryl methyl sites for hydroxylation is 1. The molecule has 0 N–H and O–H groups in total. The summed E-state index contributed by atoms with van der Waals surface area (Å²) in [7, 11) is -5.17. The molecule has 0 bridgehead atoms. The van der Waals surface area contributed by atoms with Gasteiger partial charge in [0.2, 0.25) is 0 Å². The molecule has 0 aromatic heterocycles. The fourth-order valence-corrected chi connectivity index (χ4v) is 0.534. The Hall–Kier alpha value is -0.910. The van der Waals surface area contributed by atoms with Gasteiger partial charge in [-0.2, -0.15) is 0 Å². The van der Waals surface area contributed by atoms with Crippen LogP contribution in [0.5, 0.6) is 0 Å². The van der Waals surface area contributed by atoms with E-state index in [4.69, 9.17) is 17.5 Å². The number of hydrogen-bond acceptors (Lipinski definition) is 4. The van der Waals surface area contributed by atoms with Crippen LogP contribution in [0.3, 0.4) is 0 Å². The van der Waals surface area contributed by atoms with E-state index in [1.165, 1.54) is 5.56 Å². The quantitative estimate of drug-likeness (QED) is 0.442. The van der Waals surface area contributed by atoms with Crippen LogP contribution in [-0.2, 0) is 10.4 Å². The molecule has 1 rings (SSSR count). The first kappa shape index (κ1) is 11.1. The van der Waals surface area contributed by atoms with E-state index in [0.717, 1.165) is 0 Å². The smallest absolute Gasteiger partial charge is 0.0311 e. The molecule has 0 saturated heterocycles. The molecule has 0 heterocycles. The Balaban J connectivity index is 0.000000217. The summed E-state index contributed by atoms with van der Waals surface area (Å²) in [5, 5.41) is 0. The first-order valence-corrected chi connectivity index (χ1v) is 4.41. The van der Waals surface area contributed by atoms with Gasteiger partial charge in [-0.3, -0.25) is 8.42 Å². The fraction of sp³-hybridized carbons (Fsp3) is 0.143. The summed E-state index contributed by atoms with van der Waals surface area (Å²) >= 11 is 0. The molecule has 0 saturated carbocycles. The lowest BCUT2D eigenvalue weighted by Crippen LogP contribution is -1.91. The Morgan fingerprint density at radius 2 is 1.42 bits per heavy atom. The molecule has 1 aromatic rings. The van der Waals surface area contributed by atoms with E-state index in [9.17, 15) is 0 Å². The molecule has 0 aliphatic rings. The van der Waals surface area contributed by atoms with Crippen molar-refractivity contribution in [3.05, 3.63) is 35.9 Å². The lowest BCUT2D eigenvalue weighted by Gasteiger charge is -2.06. The van der Waals surface area contributed by atoms with E-state index in [1.54, 1.807) is 0 Å². The highest BCUT2D eigenvalue weighted by Crippen LogP contribution is 1.92. The Kier molecular flexibility index (Phi) is 4.50. The summed E-state index contributed by atoms with van der Waals surface area (Å²) in [6, 6.07) is 10.3. The molecule has 0 aliphatic carbocycles. The van der Waals surface area contributed by atoms with Gasteiger partial charge in [-0.05, 0) is 6.92 Å². The Morgan fingerprint density at radius 3 is 1.58 bits per heavy atom. The van der Waals surface area contributed by atoms with Crippen molar-refractivity contribution in [1.29, 1.82) is 0 Å². The Labute approximate surface area is 71.4 Å². The largest absolute Gasteiger partial charge is 0.759 e. The normalized spacial score (nSPS) is 9.92. The molecule has 4 nitrogen and oxygen atoms in total. The number of hydrogen-bond donors (Lipinski definition) is 0. The first-order valence-electron chi connectivity index (χ1n) is 3.08. The van der Waals surface area contributed by atoms with Crippen LogP contribution in [0.25, 0.3) is 0 Å². The first-order chi connectivity index (χ1) is 5.39. The minimum Gasteiger partial charge on any atom is -0.759 e. The second-order valence-corrected chi connectivity index (χ2v) is 2.88. The zero-order valence-electron chi connectivity index (χ0n) is 6.43. The average Bonchev–Trinajstić information content (AvgIpc) is 1.85. The van der Waals surface area contributed by atoms with Gasteiger partial charge in [-0.25, -0.2) is 0 Å². The van der Waals surface area contributed by atoms with Crippen LogP contribution in [0.4, 0.5) is 0 Å². The lowest BCUT2D eigenvalue weighted by atomic mass is 10.2. The zero-order chi connectivity index (χ0) is 9.61. The molecular formula is C7H8O4S-2. The third-order valence-electron chi connectivity index (χ3n) is 0.940. The van der Waals surface area contributed by atoms with Crippen molar-refractivity contribution < 1.29 is 17.5 Å². The predicted molar refractivity (Wildman–Crippen MR) is 41.7 cm³/mol. The van der Waals surface area contributed by atoms with Gasteiger partial charge in [0, 0.05) is 10.4 Å². The molecule has 0 aliphatic heterocycles. The fourth-order valence-electron chi connectivity index (χ4n) is 0.534. The summed E-state index contributed by atoms with van der Waals surface area (Å²) < 4.78 is 34.1. The van der Waals surface area contributed by atoms with Crippen LogP contribution < -0.4 is 0 Å². The van der Waals surface area contributed by atoms with Gasteiger partial charge in [0.05, 0.1) is 0 Å². The van der Waals surface area contributed by atoms with Gasteiger partial charge >= 0.3 is 0 Å². The van der Waals surface area contributed by atoms with Crippen LogP contribution in [0.15, 0.2) is 30.3 Å². The molecule has 0 spiro atoms. The van der Waals surface area contributed by atoms with Gasteiger partial charge in [-0.1, -0.05) is 35.9 Å². The maximum absolute atomic E-state index is 8.52. The number of benzene rings is 1. The molecular weight excluding hydrogens is 180 g/mol. The van der Waals surface area contributed by atoms with E-state index < -0.39 is 10.4 Å². The molecule has 0 amide bonds. The Bertz CT molecular complexity index is 295. The van der Waals surface area contributed by atoms with Crippen LogP contribution in [0.1, 0.15) is 5.56 Å². The molecule has 0 radical (unpaired) electrons. The van der Waals surface area contributed by atoms with Gasteiger partial charge in [-0.15, -0.1) is 0 Å². The highest BCUT2D eigenvalue weighted by molar-refractivity contribution is 7.79. The topological polar surface area (TPSA) is 80.3 Å². The van der Waals surface area contributed by atoms with Gasteiger partial charge in [0.15, 0.2) is 0 Å². The van der Waals surface area contributed by atoms with Crippen molar-refractivity contribution >= 4 is 10.4 Å². The summed E-state index contributed by atoms with van der Waals surface area (Å²) in [5.74, 6) is 0. The predicted octanol–water partition coefficient (Wildman–Crippen LogP) is 0.657. The minimum atomic E-state index is -5.17. The van der Waals surface area contributed by atoms with Crippen molar-refractivity contribution in [3.63, 3.8) is 0 Å². The highest BCUT2D eigenvalue weighted by Gasteiger charge is 1.72. The molecule has 0 fully saturated rings. The maximum Gasteiger partial charge on any atom is 0.0311 e. The second-order valence-electron chi connectivity index (χ2n) is 2.06. The Morgan fingerprint density at radius 1 is 1.08 bits per heavy atom. The average molecular weight is 188 g/mol. The zero-order valence-corrected chi connectivity index (χ0v) is 7.24. The highest BCUT2D eigenvalue weighted by atomic mass is 32.3. The van der Waals surface area contributed by atoms with Crippen LogP contribution >= 0.6 is 0 Å². The second kappa shape index (κ2) is 4.87. The van der Waals surface area contributed by atoms with Crippen molar-refractivity contribution in [1.82, 2.24) is 0 Å². The minimum absolute atomic E-state index is 1.32. The lowest BCUT2D eigenvalue weighted by molar-refractivity contribution is 0.352. The molecule has 12 heavy (non-hydrogen) atoms. The summed E-state index contributed by atoms with van der Waals surface area (Å²) in [5.41, 5.74) is 1.32. The standard InChI is InChI=1S/C7H8.H2O4S/c1-7-5-3-2-4-6-7;1-5(2,3)4/h2-6H,1H3;(H2,1,2,3,4)/p-2. The van der Waals surface area contributed by atoms with Gasteiger partial charge < -0.3 is 9.11 Å². The third kappa shape index (κ3) is 11.8. The van der Waals surface area contributed by atoms with Crippen LogP contribution in [-0.4, -0.2) is 17.5 Å².